The van der Waals surface area contributed by atoms with Gasteiger partial charge in [-0.1, -0.05) is 29.8 Å². The molecule has 210 valence electrons. The molecule has 0 spiro atoms. The van der Waals surface area contributed by atoms with E-state index in [1.807, 2.05) is 12.1 Å². The van der Waals surface area contributed by atoms with Crippen LogP contribution in [0.4, 0.5) is 11.6 Å². The second-order valence-electron chi connectivity index (χ2n) is 9.37. The predicted octanol–water partition coefficient (Wildman–Crippen LogP) is 3.88. The van der Waals surface area contributed by atoms with E-state index in [1.54, 1.807) is 53.1 Å². The Morgan fingerprint density at radius 1 is 1.02 bits per heavy atom. The van der Waals surface area contributed by atoms with Crippen molar-refractivity contribution in [2.45, 2.75) is 25.4 Å². The molecule has 2 aromatic heterocycles. The fraction of sp³-hybridized carbons (Fsp3) is 0.207. The van der Waals surface area contributed by atoms with Gasteiger partial charge in [-0.3, -0.25) is 14.4 Å². The summed E-state index contributed by atoms with van der Waals surface area (Å²) in [5.74, 6) is -0.191. The standard InChI is InChI=1S/C29H27ClN6O5/c30-19-6-4-18(5-7-19)16-36-17-23(27(38)32-21-12-14-40-15-13-21)28(39)35-29(36)33-20-8-10-22(11-9-20)41-25-3-1-2-24(34-25)26(31)37/h1-11,17,21H,12-16H2,(H2,31,37)(H,32,38)(H,33,35,39). The van der Waals surface area contributed by atoms with Crippen molar-refractivity contribution in [3.63, 3.8) is 0 Å². The van der Waals surface area contributed by atoms with E-state index in [4.69, 9.17) is 26.8 Å². The molecule has 3 heterocycles. The van der Waals surface area contributed by atoms with E-state index >= 15 is 0 Å². The summed E-state index contributed by atoms with van der Waals surface area (Å²) in [5, 5.41) is 6.68. The molecule has 0 radical (unpaired) electrons. The number of carbonyl (C=O) groups excluding carboxylic acids is 2. The number of ether oxygens (including phenoxy) is 2. The Morgan fingerprint density at radius 2 is 1.76 bits per heavy atom. The molecular formula is C29H27ClN6O5. The summed E-state index contributed by atoms with van der Waals surface area (Å²) in [5.41, 5.74) is 6.20. The second-order valence-corrected chi connectivity index (χ2v) is 9.81. The lowest BCUT2D eigenvalue weighted by atomic mass is 10.1. The van der Waals surface area contributed by atoms with Gasteiger partial charge < -0.3 is 30.4 Å². The summed E-state index contributed by atoms with van der Waals surface area (Å²) in [6.45, 7) is 1.45. The van der Waals surface area contributed by atoms with Crippen LogP contribution < -0.4 is 26.7 Å². The number of benzene rings is 2. The lowest BCUT2D eigenvalue weighted by Gasteiger charge is -2.23. The molecular weight excluding hydrogens is 548 g/mol. The van der Waals surface area contributed by atoms with Gasteiger partial charge in [0.15, 0.2) is 0 Å². The zero-order valence-electron chi connectivity index (χ0n) is 21.9. The van der Waals surface area contributed by atoms with Crippen LogP contribution in [0.5, 0.6) is 11.6 Å². The van der Waals surface area contributed by atoms with Crippen molar-refractivity contribution < 1.29 is 19.1 Å². The number of nitrogens with zero attached hydrogens (tertiary/aromatic N) is 3. The van der Waals surface area contributed by atoms with Crippen LogP contribution in [-0.4, -0.2) is 45.6 Å². The highest BCUT2D eigenvalue weighted by molar-refractivity contribution is 6.30. The fourth-order valence-corrected chi connectivity index (χ4v) is 4.35. The summed E-state index contributed by atoms with van der Waals surface area (Å²) in [6.07, 6.45) is 2.88. The van der Waals surface area contributed by atoms with Crippen LogP contribution >= 0.6 is 11.6 Å². The number of amides is 2. The van der Waals surface area contributed by atoms with Crippen molar-refractivity contribution in [1.29, 1.82) is 0 Å². The number of hydrogen-bond donors (Lipinski definition) is 3. The highest BCUT2D eigenvalue weighted by Gasteiger charge is 2.21. The second kappa shape index (κ2) is 12.6. The number of halogens is 1. The molecule has 0 bridgehead atoms. The summed E-state index contributed by atoms with van der Waals surface area (Å²) < 4.78 is 12.8. The van der Waals surface area contributed by atoms with Crippen molar-refractivity contribution in [3.8, 4) is 11.6 Å². The van der Waals surface area contributed by atoms with Gasteiger partial charge in [0.05, 0.1) is 6.54 Å². The van der Waals surface area contributed by atoms with E-state index in [1.165, 1.54) is 12.3 Å². The third-order valence-corrected chi connectivity index (χ3v) is 6.62. The number of nitrogens with one attached hydrogen (secondary N) is 2. The molecule has 5 rings (SSSR count). The van der Waals surface area contributed by atoms with Crippen LogP contribution in [0.3, 0.4) is 0 Å². The molecule has 41 heavy (non-hydrogen) atoms. The minimum absolute atomic E-state index is 0.0505. The first-order chi connectivity index (χ1) is 19.8. The molecule has 4 aromatic rings. The smallest absolute Gasteiger partial charge is 0.287 e. The number of anilines is 2. The molecule has 2 aromatic carbocycles. The number of aromatic nitrogens is 3. The molecule has 1 aliphatic heterocycles. The molecule has 0 aliphatic carbocycles. The molecule has 1 aliphatic rings. The van der Waals surface area contributed by atoms with E-state index in [2.05, 4.69) is 20.6 Å². The molecule has 11 nitrogen and oxygen atoms in total. The average Bonchev–Trinajstić information content (AvgIpc) is 2.97. The molecule has 0 saturated carbocycles. The van der Waals surface area contributed by atoms with Crippen molar-refractivity contribution in [2.24, 2.45) is 5.73 Å². The van der Waals surface area contributed by atoms with Crippen molar-refractivity contribution in [2.75, 3.05) is 18.5 Å². The number of rotatable bonds is 9. The largest absolute Gasteiger partial charge is 0.439 e. The lowest BCUT2D eigenvalue weighted by Crippen LogP contribution is -2.41. The molecule has 0 unspecified atom stereocenters. The summed E-state index contributed by atoms with van der Waals surface area (Å²) >= 11 is 6.05. The zero-order valence-corrected chi connectivity index (χ0v) is 22.6. The van der Waals surface area contributed by atoms with Gasteiger partial charge >= 0.3 is 0 Å². The topological polar surface area (TPSA) is 150 Å². The first-order valence-corrected chi connectivity index (χ1v) is 13.3. The molecule has 1 fully saturated rings. The number of nitrogens with two attached hydrogens (primary N) is 1. The quantitative estimate of drug-likeness (QED) is 0.272. The maximum Gasteiger partial charge on any atom is 0.287 e. The SMILES string of the molecule is NC(=O)c1cccc(Oc2ccc(Nc3nc(=O)c(C(=O)NC4CCOCC4)cn3Cc3ccc(Cl)cc3)cc2)n1. The van der Waals surface area contributed by atoms with E-state index in [0.717, 1.165) is 5.56 Å². The first kappa shape index (κ1) is 27.8. The van der Waals surface area contributed by atoms with Crippen molar-refractivity contribution in [1.82, 2.24) is 19.9 Å². The van der Waals surface area contributed by atoms with Gasteiger partial charge in [0.2, 0.25) is 11.8 Å². The number of primary amides is 1. The van der Waals surface area contributed by atoms with E-state index in [-0.39, 0.29) is 29.1 Å². The molecule has 0 atom stereocenters. The Bertz CT molecular complexity index is 1600. The van der Waals surface area contributed by atoms with Crippen LogP contribution in [0, 0.1) is 0 Å². The Kier molecular flexibility index (Phi) is 8.56. The maximum absolute atomic E-state index is 13.0. The van der Waals surface area contributed by atoms with Crippen LogP contribution in [0.25, 0.3) is 0 Å². The maximum atomic E-state index is 13.0. The normalized spacial score (nSPS) is 13.4. The van der Waals surface area contributed by atoms with Gasteiger partial charge in [-0.25, -0.2) is 4.98 Å². The summed E-state index contributed by atoms with van der Waals surface area (Å²) in [7, 11) is 0. The summed E-state index contributed by atoms with van der Waals surface area (Å²) in [6, 6.07) is 18.8. The molecule has 4 N–H and O–H groups in total. The third-order valence-electron chi connectivity index (χ3n) is 6.37. The fourth-order valence-electron chi connectivity index (χ4n) is 4.23. The highest BCUT2D eigenvalue weighted by Crippen LogP contribution is 2.24. The Hall–Kier alpha value is -4.74. The van der Waals surface area contributed by atoms with Crippen LogP contribution in [-0.2, 0) is 11.3 Å². The third kappa shape index (κ3) is 7.27. The minimum atomic E-state index is -0.653. The Balaban J connectivity index is 1.38. The highest BCUT2D eigenvalue weighted by atomic mass is 35.5. The van der Waals surface area contributed by atoms with Crippen LogP contribution in [0.2, 0.25) is 5.02 Å². The number of hydrogen-bond acceptors (Lipinski definition) is 8. The zero-order chi connectivity index (χ0) is 28.8. The van der Waals surface area contributed by atoms with Crippen LogP contribution in [0.1, 0.15) is 39.3 Å². The van der Waals surface area contributed by atoms with Gasteiger partial charge in [-0.2, -0.15) is 4.98 Å². The van der Waals surface area contributed by atoms with Gasteiger partial charge in [-0.15, -0.1) is 0 Å². The van der Waals surface area contributed by atoms with E-state index in [9.17, 15) is 14.4 Å². The van der Waals surface area contributed by atoms with Crippen LogP contribution in [0.15, 0.2) is 77.7 Å². The van der Waals surface area contributed by atoms with Gasteiger partial charge in [0.1, 0.15) is 17.0 Å². The Morgan fingerprint density at radius 3 is 2.46 bits per heavy atom. The van der Waals surface area contributed by atoms with E-state index < -0.39 is 17.4 Å². The summed E-state index contributed by atoms with van der Waals surface area (Å²) in [4.78, 5) is 45.7. The molecule has 2 amide bonds. The predicted molar refractivity (Wildman–Crippen MR) is 153 cm³/mol. The monoisotopic (exact) mass is 574 g/mol. The average molecular weight is 575 g/mol. The number of carbonyl (C=O) groups is 2. The number of pyridine rings is 1. The minimum Gasteiger partial charge on any atom is -0.439 e. The van der Waals surface area contributed by atoms with Gasteiger partial charge in [0.25, 0.3) is 17.4 Å². The van der Waals surface area contributed by atoms with Crippen molar-refractivity contribution in [3.05, 3.63) is 105 Å². The van der Waals surface area contributed by atoms with Gasteiger partial charge in [-0.05, 0) is 60.9 Å². The first-order valence-electron chi connectivity index (χ1n) is 12.9. The molecule has 1 saturated heterocycles. The van der Waals surface area contributed by atoms with Crippen molar-refractivity contribution >= 4 is 35.1 Å². The van der Waals surface area contributed by atoms with Gasteiger partial charge in [0, 0.05) is 42.2 Å². The molecule has 12 heteroatoms. The lowest BCUT2D eigenvalue weighted by molar-refractivity contribution is 0.0695. The van der Waals surface area contributed by atoms with E-state index in [0.29, 0.717) is 49.1 Å². The Labute approximate surface area is 240 Å².